The Kier molecular flexibility index (Phi) is 5.06. The van der Waals surface area contributed by atoms with Gasteiger partial charge in [0.05, 0.1) is 11.5 Å². The van der Waals surface area contributed by atoms with Crippen molar-refractivity contribution in [3.63, 3.8) is 0 Å². The summed E-state index contributed by atoms with van der Waals surface area (Å²) in [6.45, 7) is 4.03. The van der Waals surface area contributed by atoms with Crippen LogP contribution in [0.5, 0.6) is 0 Å². The van der Waals surface area contributed by atoms with Crippen LogP contribution in [0.1, 0.15) is 20.9 Å². The largest absolute Gasteiger partial charge is 0.392 e. The number of nitrogens with one attached hydrogen (secondary N) is 1. The molecule has 114 valence electrons. The van der Waals surface area contributed by atoms with E-state index in [1.165, 1.54) is 23.1 Å². The van der Waals surface area contributed by atoms with E-state index in [1.807, 2.05) is 19.9 Å². The molecule has 2 aromatic rings. The van der Waals surface area contributed by atoms with Crippen LogP contribution in [-0.4, -0.2) is 13.5 Å². The van der Waals surface area contributed by atoms with E-state index in [1.54, 1.807) is 11.3 Å². The fourth-order valence-electron chi connectivity index (χ4n) is 1.81. The van der Waals surface area contributed by atoms with E-state index in [4.69, 9.17) is 16.7 Å². The van der Waals surface area contributed by atoms with E-state index in [0.29, 0.717) is 5.56 Å². The van der Waals surface area contributed by atoms with Gasteiger partial charge in [0.25, 0.3) is 0 Å². The van der Waals surface area contributed by atoms with Crippen LogP contribution < -0.4 is 4.72 Å². The average molecular weight is 346 g/mol. The summed E-state index contributed by atoms with van der Waals surface area (Å²) >= 11 is 7.50. The second-order valence-corrected chi connectivity index (χ2v) is 8.20. The number of benzene rings is 1. The molecule has 7 heteroatoms. The van der Waals surface area contributed by atoms with Crippen molar-refractivity contribution in [1.82, 2.24) is 4.72 Å². The molecule has 0 aliphatic carbocycles. The number of aryl methyl sites for hydroxylation is 2. The van der Waals surface area contributed by atoms with Crippen molar-refractivity contribution in [3.8, 4) is 0 Å². The molecule has 0 unspecified atom stereocenters. The predicted molar refractivity (Wildman–Crippen MR) is 85.2 cm³/mol. The first kappa shape index (κ1) is 16.5. The van der Waals surface area contributed by atoms with Gasteiger partial charge in [0, 0.05) is 21.3 Å². The molecule has 0 bridgehead atoms. The predicted octanol–water partition coefficient (Wildman–Crippen LogP) is 2.99. The SMILES string of the molecule is Cc1cc(CNS(=O)(=O)c2ccc(CO)c(Cl)c2)sc1C. The average Bonchev–Trinajstić information content (AvgIpc) is 2.76. The van der Waals surface area contributed by atoms with Gasteiger partial charge in [-0.25, -0.2) is 13.1 Å². The van der Waals surface area contributed by atoms with Crippen LogP contribution in [0.4, 0.5) is 0 Å². The lowest BCUT2D eigenvalue weighted by Crippen LogP contribution is -2.22. The number of halogens is 1. The van der Waals surface area contributed by atoms with Crippen LogP contribution in [0.3, 0.4) is 0 Å². The number of aliphatic hydroxyl groups excluding tert-OH is 1. The Labute approximate surface area is 133 Å². The quantitative estimate of drug-likeness (QED) is 0.875. The van der Waals surface area contributed by atoms with E-state index in [0.717, 1.165) is 10.4 Å². The molecule has 0 radical (unpaired) electrons. The molecule has 0 saturated heterocycles. The van der Waals surface area contributed by atoms with Crippen LogP contribution in [0.25, 0.3) is 0 Å². The summed E-state index contributed by atoms with van der Waals surface area (Å²) < 4.78 is 27.0. The fourth-order valence-corrected chi connectivity index (χ4v) is 4.23. The van der Waals surface area contributed by atoms with Gasteiger partial charge in [0.2, 0.25) is 10.0 Å². The highest BCUT2D eigenvalue weighted by Crippen LogP contribution is 2.23. The van der Waals surface area contributed by atoms with Crippen molar-refractivity contribution in [2.24, 2.45) is 0 Å². The molecule has 0 amide bonds. The Morgan fingerprint density at radius 2 is 2.00 bits per heavy atom. The summed E-state index contributed by atoms with van der Waals surface area (Å²) in [4.78, 5) is 2.24. The summed E-state index contributed by atoms with van der Waals surface area (Å²) in [6, 6.07) is 6.27. The van der Waals surface area contributed by atoms with Crippen LogP contribution >= 0.6 is 22.9 Å². The van der Waals surface area contributed by atoms with E-state index in [2.05, 4.69) is 4.72 Å². The standard InChI is InChI=1S/C14H16ClNO3S2/c1-9-5-12(20-10(9)2)7-16-21(18,19)13-4-3-11(8-17)14(15)6-13/h3-6,16-17H,7-8H2,1-2H3. The van der Waals surface area contributed by atoms with Gasteiger partial charge in [0.1, 0.15) is 0 Å². The first-order valence-electron chi connectivity index (χ1n) is 6.28. The third-order valence-electron chi connectivity index (χ3n) is 3.16. The molecule has 2 N–H and O–H groups in total. The lowest BCUT2D eigenvalue weighted by Gasteiger charge is -2.07. The van der Waals surface area contributed by atoms with Crippen molar-refractivity contribution >= 4 is 33.0 Å². The van der Waals surface area contributed by atoms with Crippen LogP contribution in [0.2, 0.25) is 5.02 Å². The summed E-state index contributed by atoms with van der Waals surface area (Å²) in [5.41, 5.74) is 1.66. The fraction of sp³-hybridized carbons (Fsp3) is 0.286. The van der Waals surface area contributed by atoms with E-state index < -0.39 is 10.0 Å². The molecule has 0 saturated carbocycles. The lowest BCUT2D eigenvalue weighted by atomic mass is 10.2. The molecular weight excluding hydrogens is 330 g/mol. The first-order valence-corrected chi connectivity index (χ1v) is 8.96. The number of thiophene rings is 1. The maximum atomic E-state index is 12.2. The topological polar surface area (TPSA) is 66.4 Å². The van der Waals surface area contributed by atoms with Gasteiger partial charge in [-0.2, -0.15) is 0 Å². The minimum absolute atomic E-state index is 0.0923. The second kappa shape index (κ2) is 6.46. The van der Waals surface area contributed by atoms with Gasteiger partial charge in [-0.05, 0) is 43.2 Å². The number of sulfonamides is 1. The normalized spacial score (nSPS) is 11.8. The van der Waals surface area contributed by atoms with Gasteiger partial charge in [0.15, 0.2) is 0 Å². The van der Waals surface area contributed by atoms with Crippen molar-refractivity contribution < 1.29 is 13.5 Å². The minimum atomic E-state index is -3.62. The monoisotopic (exact) mass is 345 g/mol. The van der Waals surface area contributed by atoms with Crippen molar-refractivity contribution in [2.75, 3.05) is 0 Å². The molecule has 0 atom stereocenters. The van der Waals surface area contributed by atoms with Crippen LogP contribution in [0.15, 0.2) is 29.2 Å². The lowest BCUT2D eigenvalue weighted by molar-refractivity contribution is 0.282. The van der Waals surface area contributed by atoms with Crippen molar-refractivity contribution in [2.45, 2.75) is 31.9 Å². The zero-order valence-corrected chi connectivity index (χ0v) is 14.1. The van der Waals surface area contributed by atoms with Gasteiger partial charge in [-0.15, -0.1) is 11.3 Å². The van der Waals surface area contributed by atoms with Gasteiger partial charge in [-0.3, -0.25) is 0 Å². The van der Waals surface area contributed by atoms with Crippen molar-refractivity contribution in [1.29, 1.82) is 0 Å². The summed E-state index contributed by atoms with van der Waals surface area (Å²) in [5.74, 6) is 0. The molecule has 0 aliphatic rings. The first-order chi connectivity index (χ1) is 9.83. The maximum Gasteiger partial charge on any atom is 0.240 e. The molecule has 0 aliphatic heterocycles. The summed E-state index contributed by atoms with van der Waals surface area (Å²) in [5, 5.41) is 9.28. The highest BCUT2D eigenvalue weighted by Gasteiger charge is 2.16. The molecule has 1 heterocycles. The van der Waals surface area contributed by atoms with E-state index >= 15 is 0 Å². The van der Waals surface area contributed by atoms with Gasteiger partial charge < -0.3 is 5.11 Å². The number of aliphatic hydroxyl groups is 1. The van der Waals surface area contributed by atoms with Gasteiger partial charge in [-0.1, -0.05) is 17.7 Å². The third kappa shape index (κ3) is 3.84. The Morgan fingerprint density at radius 1 is 1.29 bits per heavy atom. The Hall–Kier alpha value is -0.920. The molecule has 21 heavy (non-hydrogen) atoms. The van der Waals surface area contributed by atoms with Gasteiger partial charge >= 0.3 is 0 Å². The van der Waals surface area contributed by atoms with Crippen LogP contribution in [-0.2, 0) is 23.2 Å². The summed E-state index contributed by atoms with van der Waals surface area (Å²) in [6.07, 6.45) is 0. The molecular formula is C14H16ClNO3S2. The smallest absolute Gasteiger partial charge is 0.240 e. The van der Waals surface area contributed by atoms with Crippen LogP contribution in [0, 0.1) is 13.8 Å². The Balaban J connectivity index is 2.16. The van der Waals surface area contributed by atoms with Crippen molar-refractivity contribution in [3.05, 3.63) is 50.2 Å². The Morgan fingerprint density at radius 3 is 2.52 bits per heavy atom. The highest BCUT2D eigenvalue weighted by molar-refractivity contribution is 7.89. The minimum Gasteiger partial charge on any atom is -0.392 e. The zero-order chi connectivity index (χ0) is 15.6. The number of hydrogen-bond donors (Lipinski definition) is 2. The third-order valence-corrected chi connectivity index (χ3v) is 6.06. The Bertz CT molecular complexity index is 734. The number of rotatable bonds is 5. The molecule has 2 rings (SSSR count). The number of hydrogen-bond acceptors (Lipinski definition) is 4. The van der Waals surface area contributed by atoms with E-state index in [-0.39, 0.29) is 23.1 Å². The van der Waals surface area contributed by atoms with E-state index in [9.17, 15) is 8.42 Å². The molecule has 1 aromatic carbocycles. The highest BCUT2D eigenvalue weighted by atomic mass is 35.5. The molecule has 1 aromatic heterocycles. The second-order valence-electron chi connectivity index (χ2n) is 4.69. The summed E-state index contributed by atoms with van der Waals surface area (Å²) in [7, 11) is -3.62. The maximum absolute atomic E-state index is 12.2. The molecule has 0 fully saturated rings. The zero-order valence-electron chi connectivity index (χ0n) is 11.7. The molecule has 0 spiro atoms. The molecule has 4 nitrogen and oxygen atoms in total.